The van der Waals surface area contributed by atoms with E-state index >= 15 is 0 Å². The Hall–Kier alpha value is -0.760. The highest BCUT2D eigenvalue weighted by Gasteiger charge is 2.22. The molecule has 1 aromatic heterocycles. The third-order valence-electron chi connectivity index (χ3n) is 2.66. The van der Waals surface area contributed by atoms with Crippen molar-refractivity contribution in [2.45, 2.75) is 31.6 Å². The van der Waals surface area contributed by atoms with Crippen LogP contribution in [0, 0.1) is 5.41 Å². The second-order valence-electron chi connectivity index (χ2n) is 5.00. The van der Waals surface area contributed by atoms with Gasteiger partial charge in [-0.05, 0) is 29.9 Å². The monoisotopic (exact) mass is 307 g/mol. The van der Waals surface area contributed by atoms with Crippen LogP contribution < -0.4 is 4.72 Å². The van der Waals surface area contributed by atoms with Crippen molar-refractivity contribution in [3.8, 4) is 0 Å². The Bertz CT molecular complexity index is 502. The molecule has 1 aromatic rings. The number of hydrogen-bond donors (Lipinski definition) is 2. The molecule has 0 aromatic carbocycles. The Balaban J connectivity index is 2.68. The number of nitrogens with one attached hydrogen (secondary N) is 1. The van der Waals surface area contributed by atoms with Gasteiger partial charge in [0.25, 0.3) is 0 Å². The number of hydrogen-bond acceptors (Lipinski definition) is 5. The summed E-state index contributed by atoms with van der Waals surface area (Å²) in [6, 6.07) is 0. The normalized spacial score (nSPS) is 12.6. The van der Waals surface area contributed by atoms with E-state index in [1.54, 1.807) is 0 Å². The standard InChI is InChI=1S/C11H18ClN3O3S/c1-11(2,4-3-5-16)8-15-19(17,18)9-6-13-10(12)14-7-9/h6-7,15-16H,3-5,8H2,1-2H3. The minimum Gasteiger partial charge on any atom is -0.396 e. The molecule has 0 spiro atoms. The molecule has 1 heterocycles. The van der Waals surface area contributed by atoms with E-state index in [-0.39, 0.29) is 28.7 Å². The van der Waals surface area contributed by atoms with Crippen molar-refractivity contribution in [1.82, 2.24) is 14.7 Å². The summed E-state index contributed by atoms with van der Waals surface area (Å²) >= 11 is 5.51. The Kier molecular flexibility index (Phi) is 5.66. The fourth-order valence-corrected chi connectivity index (χ4v) is 2.69. The molecule has 0 atom stereocenters. The number of nitrogens with zero attached hydrogens (tertiary/aromatic N) is 2. The third-order valence-corrected chi connectivity index (χ3v) is 4.21. The van der Waals surface area contributed by atoms with Crippen LogP contribution in [-0.4, -0.2) is 36.6 Å². The molecule has 0 saturated heterocycles. The van der Waals surface area contributed by atoms with E-state index in [0.29, 0.717) is 6.42 Å². The Morgan fingerprint density at radius 3 is 2.47 bits per heavy atom. The number of sulfonamides is 1. The highest BCUT2D eigenvalue weighted by atomic mass is 35.5. The molecule has 0 aliphatic rings. The zero-order chi connectivity index (χ0) is 14.5. The lowest BCUT2D eigenvalue weighted by atomic mass is 9.88. The molecule has 2 N–H and O–H groups in total. The molecular weight excluding hydrogens is 290 g/mol. The highest BCUT2D eigenvalue weighted by molar-refractivity contribution is 7.89. The van der Waals surface area contributed by atoms with Crippen LogP contribution in [0.2, 0.25) is 5.28 Å². The van der Waals surface area contributed by atoms with Crippen molar-refractivity contribution >= 4 is 21.6 Å². The zero-order valence-electron chi connectivity index (χ0n) is 10.9. The van der Waals surface area contributed by atoms with Crippen LogP contribution in [0.4, 0.5) is 0 Å². The molecule has 0 saturated carbocycles. The summed E-state index contributed by atoms with van der Waals surface area (Å²) in [6.07, 6.45) is 3.69. The van der Waals surface area contributed by atoms with Gasteiger partial charge in [0.2, 0.25) is 15.3 Å². The zero-order valence-corrected chi connectivity index (χ0v) is 12.5. The molecule has 0 aliphatic heterocycles. The van der Waals surface area contributed by atoms with Crippen molar-refractivity contribution in [1.29, 1.82) is 0 Å². The van der Waals surface area contributed by atoms with Gasteiger partial charge in [-0.2, -0.15) is 0 Å². The average molecular weight is 308 g/mol. The van der Waals surface area contributed by atoms with Crippen molar-refractivity contribution < 1.29 is 13.5 Å². The number of aliphatic hydroxyl groups is 1. The number of aromatic nitrogens is 2. The van der Waals surface area contributed by atoms with E-state index in [2.05, 4.69) is 14.7 Å². The van der Waals surface area contributed by atoms with Crippen LogP contribution in [-0.2, 0) is 10.0 Å². The van der Waals surface area contributed by atoms with Crippen LogP contribution in [0.3, 0.4) is 0 Å². The summed E-state index contributed by atoms with van der Waals surface area (Å²) in [7, 11) is -3.63. The first-order chi connectivity index (χ1) is 8.77. The summed E-state index contributed by atoms with van der Waals surface area (Å²) in [5.74, 6) is 0. The smallest absolute Gasteiger partial charge is 0.243 e. The third kappa shape index (κ3) is 5.40. The Morgan fingerprint density at radius 2 is 1.95 bits per heavy atom. The molecule has 19 heavy (non-hydrogen) atoms. The number of rotatable bonds is 7. The van der Waals surface area contributed by atoms with Gasteiger partial charge in [-0.1, -0.05) is 13.8 Å². The molecule has 1 rings (SSSR count). The molecule has 0 aliphatic carbocycles. The first-order valence-corrected chi connectivity index (χ1v) is 7.71. The van der Waals surface area contributed by atoms with Gasteiger partial charge in [0.1, 0.15) is 4.90 Å². The van der Waals surface area contributed by atoms with E-state index in [4.69, 9.17) is 16.7 Å². The molecular formula is C11H18ClN3O3S. The first-order valence-electron chi connectivity index (χ1n) is 5.85. The van der Waals surface area contributed by atoms with Crippen LogP contribution in [0.5, 0.6) is 0 Å². The maximum absolute atomic E-state index is 12.0. The van der Waals surface area contributed by atoms with E-state index in [0.717, 1.165) is 6.42 Å². The molecule has 0 amide bonds. The van der Waals surface area contributed by atoms with Gasteiger partial charge in [-0.25, -0.2) is 23.1 Å². The Morgan fingerprint density at radius 1 is 1.37 bits per heavy atom. The summed E-state index contributed by atoms with van der Waals surface area (Å²) < 4.78 is 26.5. The largest absolute Gasteiger partial charge is 0.396 e. The SMILES string of the molecule is CC(C)(CCCO)CNS(=O)(=O)c1cnc(Cl)nc1. The van der Waals surface area contributed by atoms with E-state index in [9.17, 15) is 8.42 Å². The van der Waals surface area contributed by atoms with Crippen LogP contribution in [0.1, 0.15) is 26.7 Å². The van der Waals surface area contributed by atoms with Crippen LogP contribution in [0.15, 0.2) is 17.3 Å². The van der Waals surface area contributed by atoms with Crippen molar-refractivity contribution in [2.75, 3.05) is 13.2 Å². The maximum Gasteiger partial charge on any atom is 0.243 e. The lowest BCUT2D eigenvalue weighted by Crippen LogP contribution is -2.34. The summed E-state index contributed by atoms with van der Waals surface area (Å²) in [6.45, 7) is 4.24. The molecule has 8 heteroatoms. The lowest BCUT2D eigenvalue weighted by Gasteiger charge is -2.24. The number of halogens is 1. The van der Waals surface area contributed by atoms with Gasteiger partial charge in [-0.15, -0.1) is 0 Å². The lowest BCUT2D eigenvalue weighted by molar-refractivity contribution is 0.242. The van der Waals surface area contributed by atoms with Gasteiger partial charge >= 0.3 is 0 Å². The molecule has 108 valence electrons. The van der Waals surface area contributed by atoms with E-state index in [1.807, 2.05) is 13.8 Å². The predicted molar refractivity (Wildman–Crippen MR) is 72.3 cm³/mol. The summed E-state index contributed by atoms with van der Waals surface area (Å²) in [5, 5.41) is 8.80. The molecule has 0 bridgehead atoms. The van der Waals surface area contributed by atoms with Gasteiger partial charge in [-0.3, -0.25) is 0 Å². The first kappa shape index (κ1) is 16.3. The van der Waals surface area contributed by atoms with Gasteiger partial charge in [0.15, 0.2) is 0 Å². The van der Waals surface area contributed by atoms with Crippen molar-refractivity contribution in [2.24, 2.45) is 5.41 Å². The maximum atomic E-state index is 12.0. The van der Waals surface area contributed by atoms with E-state index in [1.165, 1.54) is 12.4 Å². The van der Waals surface area contributed by atoms with E-state index < -0.39 is 10.0 Å². The molecule has 0 unspecified atom stereocenters. The second-order valence-corrected chi connectivity index (χ2v) is 7.11. The van der Waals surface area contributed by atoms with Gasteiger partial charge in [0.05, 0.1) is 12.4 Å². The predicted octanol–water partition coefficient (Wildman–Crippen LogP) is 1.21. The van der Waals surface area contributed by atoms with Gasteiger partial charge < -0.3 is 5.11 Å². The quantitative estimate of drug-likeness (QED) is 0.739. The number of aliphatic hydroxyl groups excluding tert-OH is 1. The van der Waals surface area contributed by atoms with Crippen molar-refractivity contribution in [3.05, 3.63) is 17.7 Å². The molecule has 6 nitrogen and oxygen atoms in total. The molecule has 0 radical (unpaired) electrons. The minimum atomic E-state index is -3.63. The van der Waals surface area contributed by atoms with Crippen LogP contribution in [0.25, 0.3) is 0 Å². The fourth-order valence-electron chi connectivity index (χ4n) is 1.46. The highest BCUT2D eigenvalue weighted by Crippen LogP contribution is 2.21. The van der Waals surface area contributed by atoms with Gasteiger partial charge in [0, 0.05) is 13.2 Å². The topological polar surface area (TPSA) is 92.2 Å². The average Bonchev–Trinajstić information content (AvgIpc) is 2.35. The molecule has 0 fully saturated rings. The summed E-state index contributed by atoms with van der Waals surface area (Å²) in [4.78, 5) is 7.26. The van der Waals surface area contributed by atoms with Crippen molar-refractivity contribution in [3.63, 3.8) is 0 Å². The summed E-state index contributed by atoms with van der Waals surface area (Å²) in [5.41, 5.74) is -0.233. The second kappa shape index (κ2) is 6.60. The van der Waals surface area contributed by atoms with Crippen LogP contribution >= 0.6 is 11.6 Å². The minimum absolute atomic E-state index is 0.00206. The Labute approximate surface area is 118 Å². The fraction of sp³-hybridized carbons (Fsp3) is 0.636.